The molecule has 9 rings (SSSR count). The molecule has 0 radical (unpaired) electrons. The Bertz CT molecular complexity index is 2330. The molecule has 3 saturated heterocycles. The Morgan fingerprint density at radius 2 is 1.69 bits per heavy atom. The van der Waals surface area contributed by atoms with E-state index in [9.17, 15) is 28.8 Å². The summed E-state index contributed by atoms with van der Waals surface area (Å²) < 4.78 is 35.7. The van der Waals surface area contributed by atoms with Gasteiger partial charge in [-0.25, -0.2) is 9.99 Å². The number of hydrogen-bond acceptors (Lipinski definition) is 14. The third-order valence-corrected chi connectivity index (χ3v) is 12.6. The minimum Gasteiger partial charge on any atom is -0.495 e. The fraction of sp³-hybridized carbons (Fsp3) is 0.463. The predicted octanol–water partition coefficient (Wildman–Crippen LogP) is 2.14. The third-order valence-electron chi connectivity index (χ3n) is 12.6. The molecule has 18 nitrogen and oxygen atoms in total. The van der Waals surface area contributed by atoms with E-state index in [1.54, 1.807) is 36.4 Å². The zero-order valence-electron chi connectivity index (χ0n) is 33.7. The summed E-state index contributed by atoms with van der Waals surface area (Å²) in [7, 11) is 2.76. The molecule has 1 aromatic heterocycles. The first-order valence-electron chi connectivity index (χ1n) is 20.5. The van der Waals surface area contributed by atoms with Crippen molar-refractivity contribution in [3.05, 3.63) is 59.3 Å². The van der Waals surface area contributed by atoms with Crippen molar-refractivity contribution < 1.29 is 42.3 Å². The third kappa shape index (κ3) is 7.26. The van der Waals surface area contributed by atoms with Gasteiger partial charge in [-0.2, -0.15) is 13.8 Å². The van der Waals surface area contributed by atoms with Crippen LogP contribution in [0.15, 0.2) is 42.6 Å². The number of imide groups is 2. The van der Waals surface area contributed by atoms with Crippen LogP contribution in [0.25, 0.3) is 0 Å². The second kappa shape index (κ2) is 15.6. The fourth-order valence-corrected chi connectivity index (χ4v) is 9.21. The Kier molecular flexibility index (Phi) is 10.3. The zero-order chi connectivity index (χ0) is 42.7. The highest BCUT2D eigenvalue weighted by Crippen LogP contribution is 2.41. The van der Waals surface area contributed by atoms with Crippen LogP contribution in [0.5, 0.6) is 5.75 Å². The maximum atomic E-state index is 15.0. The predicted molar refractivity (Wildman–Crippen MR) is 216 cm³/mol. The van der Waals surface area contributed by atoms with Crippen LogP contribution in [0.4, 0.5) is 37.6 Å². The van der Waals surface area contributed by atoms with Gasteiger partial charge < -0.3 is 24.8 Å². The molecule has 320 valence electrons. The summed E-state index contributed by atoms with van der Waals surface area (Å²) in [6.07, 6.45) is 4.74. The first-order chi connectivity index (χ1) is 29.3. The molecule has 2 aromatic carbocycles. The summed E-state index contributed by atoms with van der Waals surface area (Å²) in [6.45, 7) is 2.97. The van der Waals surface area contributed by atoms with Gasteiger partial charge in [0.2, 0.25) is 17.8 Å². The Hall–Kier alpha value is -6.28. The number of aromatic nitrogens is 2. The summed E-state index contributed by atoms with van der Waals surface area (Å²) in [5.41, 5.74) is 5.13. The highest BCUT2D eigenvalue weighted by atomic mass is 19.3. The number of nitrogens with one attached hydrogen (secondary N) is 3. The molecule has 0 spiro atoms. The van der Waals surface area contributed by atoms with Crippen molar-refractivity contribution in [1.82, 2.24) is 35.5 Å². The standard InChI is InChI=1S/C41H45F2N11O7/c1-49-30-19-44-40(47-34(30)53(24-6-3-4-7-24)22-41(42,43)39(49)60)45-27-11-10-23(18-31(27)61-2)35(56)48-52-16-14-50(15-17-52)25-20-51(21-25)28-9-5-8-26-33(28)38(59)54(37(26)58)29-12-13-32(55)46-36(29)57/h5,8-11,18-19,24-25,29H,3-4,6-7,12-17,20-22H2,1-2H3,(H,48,56)(H,44,45,47)(H,46,55,57). The molecule has 6 amide bonds. The fourth-order valence-electron chi connectivity index (χ4n) is 9.21. The Morgan fingerprint density at radius 3 is 2.41 bits per heavy atom. The number of alkyl halides is 2. The number of amides is 6. The number of piperazine rings is 1. The average Bonchev–Trinajstić information content (AvgIpc) is 3.84. The zero-order valence-corrected chi connectivity index (χ0v) is 33.7. The van der Waals surface area contributed by atoms with Crippen molar-refractivity contribution in [2.24, 2.45) is 0 Å². The molecule has 1 aliphatic carbocycles. The average molecular weight is 842 g/mol. The summed E-state index contributed by atoms with van der Waals surface area (Å²) >= 11 is 0. The van der Waals surface area contributed by atoms with Gasteiger partial charge in [-0.05, 0) is 49.6 Å². The molecular weight excluding hydrogens is 797 g/mol. The molecule has 1 saturated carbocycles. The topological polar surface area (TPSA) is 193 Å². The maximum Gasteiger partial charge on any atom is 0.342 e. The van der Waals surface area contributed by atoms with Crippen molar-refractivity contribution in [1.29, 1.82) is 0 Å². The lowest BCUT2D eigenvalue weighted by Crippen LogP contribution is -2.64. The van der Waals surface area contributed by atoms with Gasteiger partial charge in [-0.15, -0.1) is 0 Å². The van der Waals surface area contributed by atoms with Crippen LogP contribution in [-0.4, -0.2) is 144 Å². The van der Waals surface area contributed by atoms with Gasteiger partial charge in [-0.1, -0.05) is 18.9 Å². The lowest BCUT2D eigenvalue weighted by atomic mass is 10.0. The Labute approximate surface area is 349 Å². The van der Waals surface area contributed by atoms with Gasteiger partial charge in [-0.3, -0.25) is 49.3 Å². The number of benzene rings is 2. The SMILES string of the molecule is COc1cc(C(=O)NN2CCN(C3CN(c4cccc5c4C(=O)N(C4CCC(=O)NC4=O)C5=O)C3)CC2)ccc1Nc1ncc2c(n1)N(C1CCCC1)CC(F)(F)C(=O)N2C. The lowest BCUT2D eigenvalue weighted by Gasteiger charge is -2.49. The number of methoxy groups -OCH3 is 1. The van der Waals surface area contributed by atoms with Gasteiger partial charge in [0, 0.05) is 70.4 Å². The Balaban J connectivity index is 0.801. The van der Waals surface area contributed by atoms with E-state index in [2.05, 4.69) is 35.8 Å². The van der Waals surface area contributed by atoms with E-state index in [0.717, 1.165) is 35.5 Å². The lowest BCUT2D eigenvalue weighted by molar-refractivity contribution is -0.140. The summed E-state index contributed by atoms with van der Waals surface area (Å²) in [5, 5.41) is 7.19. The van der Waals surface area contributed by atoms with E-state index in [1.165, 1.54) is 25.3 Å². The highest BCUT2D eigenvalue weighted by Gasteiger charge is 2.50. The minimum atomic E-state index is -3.59. The molecule has 0 bridgehead atoms. The summed E-state index contributed by atoms with van der Waals surface area (Å²) in [6, 6.07) is 8.97. The monoisotopic (exact) mass is 841 g/mol. The number of piperidine rings is 1. The van der Waals surface area contributed by atoms with Gasteiger partial charge in [0.25, 0.3) is 23.6 Å². The van der Waals surface area contributed by atoms with Crippen molar-refractivity contribution in [3.8, 4) is 5.75 Å². The number of nitrogens with zero attached hydrogens (tertiary/aromatic N) is 8. The van der Waals surface area contributed by atoms with E-state index < -0.39 is 48.0 Å². The summed E-state index contributed by atoms with van der Waals surface area (Å²) in [4.78, 5) is 94.0. The number of carbonyl (C=O) groups excluding carboxylic acids is 6. The van der Waals surface area contributed by atoms with Crippen molar-refractivity contribution in [2.75, 3.05) is 80.0 Å². The molecule has 1 atom stereocenters. The van der Waals surface area contributed by atoms with Crippen LogP contribution in [-0.2, 0) is 14.4 Å². The number of anilines is 5. The van der Waals surface area contributed by atoms with Gasteiger partial charge >= 0.3 is 5.92 Å². The van der Waals surface area contributed by atoms with Crippen LogP contribution in [0, 0.1) is 0 Å². The number of hydrogen-bond donors (Lipinski definition) is 3. The molecular formula is C41H45F2N11O7. The number of fused-ring (bicyclic) bond motifs is 2. The van der Waals surface area contributed by atoms with E-state index in [4.69, 9.17) is 4.74 Å². The number of halogens is 2. The first-order valence-corrected chi connectivity index (χ1v) is 20.5. The number of carbonyl (C=O) groups is 6. The van der Waals surface area contributed by atoms with Crippen LogP contribution >= 0.6 is 0 Å². The molecule has 61 heavy (non-hydrogen) atoms. The van der Waals surface area contributed by atoms with E-state index in [-0.39, 0.29) is 59.4 Å². The number of rotatable bonds is 9. The minimum absolute atomic E-state index is 0.0514. The van der Waals surface area contributed by atoms with Crippen molar-refractivity contribution in [3.63, 3.8) is 0 Å². The highest BCUT2D eigenvalue weighted by molar-refractivity contribution is 6.25. The van der Waals surface area contributed by atoms with E-state index >= 15 is 8.78 Å². The van der Waals surface area contributed by atoms with Gasteiger partial charge in [0.1, 0.15) is 17.5 Å². The molecule has 20 heteroatoms. The van der Waals surface area contributed by atoms with Crippen LogP contribution in [0.2, 0.25) is 0 Å². The number of hydrazine groups is 1. The van der Waals surface area contributed by atoms with Crippen LogP contribution < -0.4 is 35.5 Å². The number of ether oxygens (including phenoxy) is 1. The smallest absolute Gasteiger partial charge is 0.342 e. The van der Waals surface area contributed by atoms with Crippen LogP contribution in [0.1, 0.15) is 69.6 Å². The molecule has 5 aliphatic heterocycles. The molecule has 6 heterocycles. The van der Waals surface area contributed by atoms with Gasteiger partial charge in [0.15, 0.2) is 5.82 Å². The second-order valence-corrected chi connectivity index (χ2v) is 16.2. The van der Waals surface area contributed by atoms with E-state index in [0.29, 0.717) is 62.0 Å². The second-order valence-electron chi connectivity index (χ2n) is 16.2. The molecule has 1 unspecified atom stereocenters. The summed E-state index contributed by atoms with van der Waals surface area (Å²) in [5.74, 6) is -6.69. The first kappa shape index (κ1) is 40.1. The van der Waals surface area contributed by atoms with Crippen LogP contribution in [0.3, 0.4) is 0 Å². The Morgan fingerprint density at radius 1 is 0.934 bits per heavy atom. The molecule has 4 fully saturated rings. The molecule has 3 N–H and O–H groups in total. The maximum absolute atomic E-state index is 15.0. The molecule has 6 aliphatic rings. The van der Waals surface area contributed by atoms with Gasteiger partial charge in [0.05, 0.1) is 42.4 Å². The molecule has 3 aromatic rings. The normalized spacial score (nSPS) is 22.5. The van der Waals surface area contributed by atoms with Crippen molar-refractivity contribution >= 4 is 64.3 Å². The van der Waals surface area contributed by atoms with Crippen molar-refractivity contribution in [2.45, 2.75) is 62.6 Å². The quantitative estimate of drug-likeness (QED) is 0.266. The van der Waals surface area contributed by atoms with E-state index in [1.807, 2.05) is 5.01 Å². The largest absolute Gasteiger partial charge is 0.495 e.